The van der Waals surface area contributed by atoms with E-state index in [0.717, 1.165) is 34.1 Å². The molecule has 162 valence electrons. The molecule has 3 aromatic rings. The number of aryl methyl sites for hydroxylation is 2. The minimum Gasteiger partial charge on any atom is -0.486 e. The number of carbonyl (C=O) groups is 1. The summed E-state index contributed by atoms with van der Waals surface area (Å²) in [5, 5.41) is 4.70. The van der Waals surface area contributed by atoms with Crippen molar-refractivity contribution >= 4 is 17.7 Å². The van der Waals surface area contributed by atoms with Crippen LogP contribution in [0.1, 0.15) is 39.9 Å². The van der Waals surface area contributed by atoms with Gasteiger partial charge in [-0.3, -0.25) is 4.79 Å². The normalized spacial score (nSPS) is 12.6. The van der Waals surface area contributed by atoms with Crippen molar-refractivity contribution in [1.29, 1.82) is 0 Å². The summed E-state index contributed by atoms with van der Waals surface area (Å²) in [5.74, 6) is 2.82. The van der Waals surface area contributed by atoms with Crippen molar-refractivity contribution in [2.75, 3.05) is 19.8 Å². The van der Waals surface area contributed by atoms with Crippen LogP contribution in [0, 0.1) is 13.8 Å². The summed E-state index contributed by atoms with van der Waals surface area (Å²) in [5.41, 5.74) is 3.42. The number of nitrogens with zero attached hydrogens (tertiary/aromatic N) is 3. The number of carbonyl (C=O) groups excluding carboxylic acids is 1. The molecule has 0 saturated heterocycles. The molecule has 0 atom stereocenters. The average Bonchev–Trinajstić information content (AvgIpc) is 3.13. The molecule has 4 rings (SSSR count). The molecule has 0 saturated carbocycles. The van der Waals surface area contributed by atoms with E-state index in [4.69, 9.17) is 14.0 Å². The van der Waals surface area contributed by atoms with Gasteiger partial charge in [0, 0.05) is 36.2 Å². The first-order valence-corrected chi connectivity index (χ1v) is 11.2. The van der Waals surface area contributed by atoms with Gasteiger partial charge in [0.2, 0.25) is 0 Å². The van der Waals surface area contributed by atoms with Crippen molar-refractivity contribution in [3.63, 3.8) is 0 Å². The number of para-hydroxylation sites is 1. The predicted molar refractivity (Wildman–Crippen MR) is 118 cm³/mol. The highest BCUT2D eigenvalue weighted by molar-refractivity contribution is 7.98. The van der Waals surface area contributed by atoms with Gasteiger partial charge in [-0.2, -0.15) is 0 Å². The molecule has 0 bridgehead atoms. The molecule has 31 heavy (non-hydrogen) atoms. The van der Waals surface area contributed by atoms with Gasteiger partial charge in [-0.1, -0.05) is 17.3 Å². The molecule has 1 aromatic carbocycles. The zero-order chi connectivity index (χ0) is 21.8. The van der Waals surface area contributed by atoms with Crippen molar-refractivity contribution in [3.05, 3.63) is 64.7 Å². The molecule has 0 aliphatic carbocycles. The van der Waals surface area contributed by atoms with Crippen molar-refractivity contribution in [2.24, 2.45) is 0 Å². The highest BCUT2D eigenvalue weighted by Gasteiger charge is 2.23. The molecule has 1 aliphatic rings. The van der Waals surface area contributed by atoms with E-state index in [0.29, 0.717) is 42.6 Å². The van der Waals surface area contributed by atoms with Crippen molar-refractivity contribution in [3.8, 4) is 11.5 Å². The summed E-state index contributed by atoms with van der Waals surface area (Å²) >= 11 is 1.52. The first-order valence-electron chi connectivity index (χ1n) is 10.2. The maximum Gasteiger partial charge on any atom is 0.256 e. The molecule has 1 aliphatic heterocycles. The Morgan fingerprint density at radius 1 is 1.16 bits per heavy atom. The highest BCUT2D eigenvalue weighted by Crippen LogP contribution is 2.35. The Morgan fingerprint density at radius 2 is 2.00 bits per heavy atom. The molecule has 0 N–H and O–H groups in total. The second kappa shape index (κ2) is 9.43. The zero-order valence-corrected chi connectivity index (χ0v) is 18.7. The minimum absolute atomic E-state index is 0.0637. The van der Waals surface area contributed by atoms with E-state index in [1.54, 1.807) is 17.2 Å². The lowest BCUT2D eigenvalue weighted by Gasteiger charge is -2.25. The zero-order valence-electron chi connectivity index (χ0n) is 17.9. The largest absolute Gasteiger partial charge is 0.486 e. The number of rotatable bonds is 7. The summed E-state index contributed by atoms with van der Waals surface area (Å²) in [6, 6.07) is 9.41. The lowest BCUT2D eigenvalue weighted by Crippen LogP contribution is -2.31. The third-order valence-corrected chi connectivity index (χ3v) is 6.25. The SMILES string of the molecule is CCN(Cc1cccc2c1OCCO2)C(=O)c1cccnc1SCc1c(C)noc1C. The lowest BCUT2D eigenvalue weighted by molar-refractivity contribution is 0.0744. The van der Waals surface area contributed by atoms with E-state index in [1.807, 2.05) is 45.0 Å². The Kier molecular flexibility index (Phi) is 6.46. The van der Waals surface area contributed by atoms with E-state index in [1.165, 1.54) is 11.8 Å². The third-order valence-electron chi connectivity index (χ3n) is 5.21. The minimum atomic E-state index is -0.0637. The van der Waals surface area contributed by atoms with Crippen LogP contribution in [0.25, 0.3) is 0 Å². The smallest absolute Gasteiger partial charge is 0.256 e. The lowest BCUT2D eigenvalue weighted by atomic mass is 10.1. The van der Waals surface area contributed by atoms with Crippen molar-refractivity contribution in [2.45, 2.75) is 38.1 Å². The van der Waals surface area contributed by atoms with Crippen LogP contribution in [0.3, 0.4) is 0 Å². The van der Waals surface area contributed by atoms with E-state index < -0.39 is 0 Å². The van der Waals surface area contributed by atoms with Gasteiger partial charge < -0.3 is 18.9 Å². The number of thioether (sulfide) groups is 1. The molecule has 0 unspecified atom stereocenters. The fourth-order valence-electron chi connectivity index (χ4n) is 3.48. The van der Waals surface area contributed by atoms with Crippen LogP contribution in [0.5, 0.6) is 11.5 Å². The second-order valence-electron chi connectivity index (χ2n) is 7.21. The molecule has 0 spiro atoms. The standard InChI is InChI=1S/C23H25N3O4S/c1-4-26(13-17-7-5-9-20-21(17)29-12-11-28-20)23(27)18-8-6-10-24-22(18)31-14-19-15(2)25-30-16(19)3/h5-10H,4,11-14H2,1-3H3. The van der Waals surface area contributed by atoms with E-state index in [9.17, 15) is 4.79 Å². The first-order chi connectivity index (χ1) is 15.1. The Hall–Kier alpha value is -3.00. The number of hydrogen-bond acceptors (Lipinski definition) is 7. The summed E-state index contributed by atoms with van der Waals surface area (Å²) in [6.07, 6.45) is 1.71. The van der Waals surface area contributed by atoms with E-state index in [-0.39, 0.29) is 5.91 Å². The Balaban J connectivity index is 1.54. The summed E-state index contributed by atoms with van der Waals surface area (Å²) in [4.78, 5) is 19.7. The fourth-order valence-corrected chi connectivity index (χ4v) is 4.62. The average molecular weight is 440 g/mol. The van der Waals surface area contributed by atoms with Gasteiger partial charge in [-0.15, -0.1) is 11.8 Å². The van der Waals surface area contributed by atoms with Crippen LogP contribution in [-0.2, 0) is 12.3 Å². The number of fused-ring (bicyclic) bond motifs is 1. The number of hydrogen-bond donors (Lipinski definition) is 0. The van der Waals surface area contributed by atoms with E-state index >= 15 is 0 Å². The molecule has 0 fully saturated rings. The molecule has 7 nitrogen and oxygen atoms in total. The van der Waals surface area contributed by atoms with Gasteiger partial charge in [0.25, 0.3) is 5.91 Å². The van der Waals surface area contributed by atoms with Crippen molar-refractivity contribution in [1.82, 2.24) is 15.0 Å². The third kappa shape index (κ3) is 4.54. The molecule has 1 amide bonds. The summed E-state index contributed by atoms with van der Waals surface area (Å²) in [7, 11) is 0. The number of pyridine rings is 1. The van der Waals surface area contributed by atoms with Crippen LogP contribution in [0.4, 0.5) is 0 Å². The molecular formula is C23H25N3O4S. The molecule has 3 heterocycles. The maximum absolute atomic E-state index is 13.4. The number of aromatic nitrogens is 2. The molecule has 2 aromatic heterocycles. The van der Waals surface area contributed by atoms with Gasteiger partial charge in [-0.05, 0) is 39.0 Å². The van der Waals surface area contributed by atoms with Gasteiger partial charge in [0.1, 0.15) is 24.0 Å². The number of benzene rings is 1. The maximum atomic E-state index is 13.4. The number of ether oxygens (including phenoxy) is 2. The van der Waals surface area contributed by atoms with Gasteiger partial charge >= 0.3 is 0 Å². The fraction of sp³-hybridized carbons (Fsp3) is 0.348. The molecule has 0 radical (unpaired) electrons. The summed E-state index contributed by atoms with van der Waals surface area (Å²) in [6.45, 7) is 7.83. The first kappa shape index (κ1) is 21.2. The quantitative estimate of drug-likeness (QED) is 0.505. The predicted octanol–water partition coefficient (Wildman–Crippen LogP) is 4.41. The summed E-state index contributed by atoms with van der Waals surface area (Å²) < 4.78 is 16.7. The molecular weight excluding hydrogens is 414 g/mol. The van der Waals surface area contributed by atoms with Crippen molar-refractivity contribution < 1.29 is 18.8 Å². The topological polar surface area (TPSA) is 77.7 Å². The highest BCUT2D eigenvalue weighted by atomic mass is 32.2. The van der Waals surface area contributed by atoms with Crippen LogP contribution >= 0.6 is 11.8 Å². The van der Waals surface area contributed by atoms with Crippen LogP contribution < -0.4 is 9.47 Å². The van der Waals surface area contributed by atoms with Crippen LogP contribution in [0.2, 0.25) is 0 Å². The Labute approximate surface area is 185 Å². The van der Waals surface area contributed by atoms with Gasteiger partial charge in [0.15, 0.2) is 11.5 Å². The Bertz CT molecular complexity index is 1060. The Morgan fingerprint density at radius 3 is 2.77 bits per heavy atom. The van der Waals surface area contributed by atoms with Crippen LogP contribution in [-0.4, -0.2) is 40.7 Å². The van der Waals surface area contributed by atoms with Gasteiger partial charge in [0.05, 0.1) is 11.3 Å². The monoisotopic (exact) mass is 439 g/mol. The van der Waals surface area contributed by atoms with Gasteiger partial charge in [-0.25, -0.2) is 4.98 Å². The molecule has 8 heteroatoms. The van der Waals surface area contributed by atoms with Crippen LogP contribution in [0.15, 0.2) is 46.1 Å². The van der Waals surface area contributed by atoms with E-state index in [2.05, 4.69) is 10.1 Å². The number of amides is 1. The second-order valence-corrected chi connectivity index (χ2v) is 8.17.